The van der Waals surface area contributed by atoms with E-state index in [1.165, 1.54) is 4.90 Å². The van der Waals surface area contributed by atoms with E-state index in [4.69, 9.17) is 0 Å². The van der Waals surface area contributed by atoms with Crippen LogP contribution in [0.2, 0.25) is 0 Å². The molecule has 3 rings (SSSR count). The number of allylic oxidation sites excluding steroid dienone is 3. The van der Waals surface area contributed by atoms with Crippen molar-refractivity contribution in [2.75, 3.05) is 0 Å². The lowest BCUT2D eigenvalue weighted by Crippen LogP contribution is -2.53. The molecule has 0 aromatic heterocycles. The van der Waals surface area contributed by atoms with Crippen LogP contribution in [0, 0.1) is 11.3 Å². The SMILES string of the molecule is CC.CC(/C=C(\C)Br)=C1\C(=O)NC2(CCC3(CC2)CC3C(=O)O)N1C=O. The second kappa shape index (κ2) is 7.55. The number of amides is 2. The minimum Gasteiger partial charge on any atom is -0.481 e. The summed E-state index contributed by atoms with van der Waals surface area (Å²) < 4.78 is 0.872. The average molecular weight is 427 g/mol. The molecule has 144 valence electrons. The number of aliphatic carboxylic acids is 1. The van der Waals surface area contributed by atoms with Crippen LogP contribution in [-0.2, 0) is 14.4 Å². The van der Waals surface area contributed by atoms with E-state index < -0.39 is 11.6 Å². The third-order valence-corrected chi connectivity index (χ3v) is 5.95. The first-order chi connectivity index (χ1) is 12.2. The molecule has 0 radical (unpaired) electrons. The Bertz CT molecular complexity index is 671. The minimum absolute atomic E-state index is 0.135. The van der Waals surface area contributed by atoms with Crippen molar-refractivity contribution in [2.24, 2.45) is 11.3 Å². The Balaban J connectivity index is 0.00000117. The Morgan fingerprint density at radius 2 is 1.85 bits per heavy atom. The molecule has 2 spiro atoms. The largest absolute Gasteiger partial charge is 0.481 e. The number of carboxylic acids is 1. The van der Waals surface area contributed by atoms with Crippen molar-refractivity contribution in [1.82, 2.24) is 10.2 Å². The van der Waals surface area contributed by atoms with Gasteiger partial charge in [-0.2, -0.15) is 0 Å². The summed E-state index contributed by atoms with van der Waals surface area (Å²) in [5.74, 6) is -1.25. The number of carboxylic acid groups (broad SMARTS) is 1. The first kappa shape index (κ1) is 20.7. The van der Waals surface area contributed by atoms with Gasteiger partial charge in [-0.15, -0.1) is 0 Å². The number of halogens is 1. The van der Waals surface area contributed by atoms with Gasteiger partial charge in [0.1, 0.15) is 11.4 Å². The fourth-order valence-electron chi connectivity index (χ4n) is 4.32. The highest BCUT2D eigenvalue weighted by Crippen LogP contribution is 2.63. The molecule has 2 saturated carbocycles. The molecule has 0 bridgehead atoms. The molecule has 3 fully saturated rings. The average Bonchev–Trinajstić information content (AvgIpc) is 3.23. The lowest BCUT2D eigenvalue weighted by atomic mass is 9.77. The lowest BCUT2D eigenvalue weighted by molar-refractivity contribution is -0.140. The first-order valence-electron chi connectivity index (χ1n) is 9.09. The summed E-state index contributed by atoms with van der Waals surface area (Å²) in [4.78, 5) is 37.0. The van der Waals surface area contributed by atoms with Gasteiger partial charge in [0.15, 0.2) is 0 Å². The van der Waals surface area contributed by atoms with E-state index in [9.17, 15) is 19.5 Å². The molecule has 3 aliphatic rings. The Morgan fingerprint density at radius 3 is 2.27 bits per heavy atom. The standard InChI is InChI=1S/C17H21BrN2O4.C2H6/c1-10(7-11(2)18)13-14(22)19-17(20(13)9-21)5-3-16(4-6-17)8-12(16)15(23)24;1-2/h7,9,12H,3-6,8H2,1-2H3,(H,19,22)(H,23,24);1-2H3/b11-7+,13-10-;. The maximum atomic E-state index is 12.5. The Hall–Kier alpha value is -1.63. The second-order valence-corrected chi connectivity index (χ2v) is 8.43. The summed E-state index contributed by atoms with van der Waals surface area (Å²) in [6, 6.07) is 0. The lowest BCUT2D eigenvalue weighted by Gasteiger charge is -2.41. The van der Waals surface area contributed by atoms with Crippen molar-refractivity contribution in [1.29, 1.82) is 0 Å². The highest BCUT2D eigenvalue weighted by Gasteiger charge is 2.63. The van der Waals surface area contributed by atoms with E-state index in [0.29, 0.717) is 44.2 Å². The Morgan fingerprint density at radius 1 is 1.27 bits per heavy atom. The second-order valence-electron chi connectivity index (χ2n) is 7.18. The maximum Gasteiger partial charge on any atom is 0.307 e. The predicted molar refractivity (Wildman–Crippen MR) is 102 cm³/mol. The van der Waals surface area contributed by atoms with Gasteiger partial charge in [0.25, 0.3) is 5.91 Å². The fourth-order valence-corrected chi connectivity index (χ4v) is 4.66. The number of carbonyl (C=O) groups is 3. The summed E-state index contributed by atoms with van der Waals surface area (Å²) in [7, 11) is 0. The van der Waals surface area contributed by atoms with Crippen molar-refractivity contribution in [3.8, 4) is 0 Å². The van der Waals surface area contributed by atoms with E-state index in [1.54, 1.807) is 6.92 Å². The molecule has 1 saturated heterocycles. The quantitative estimate of drug-likeness (QED) is 0.533. The van der Waals surface area contributed by atoms with Crippen LogP contribution in [0.15, 0.2) is 21.8 Å². The van der Waals surface area contributed by atoms with E-state index in [0.717, 1.165) is 10.1 Å². The molecule has 0 aromatic carbocycles. The number of carbonyl (C=O) groups excluding carboxylic acids is 2. The van der Waals surface area contributed by atoms with Gasteiger partial charge >= 0.3 is 5.97 Å². The molecule has 2 N–H and O–H groups in total. The predicted octanol–water partition coefficient (Wildman–Crippen LogP) is 3.53. The van der Waals surface area contributed by atoms with Gasteiger partial charge in [0.05, 0.1) is 5.92 Å². The number of nitrogens with one attached hydrogen (secondary N) is 1. The highest BCUT2D eigenvalue weighted by molar-refractivity contribution is 9.11. The molecule has 2 amide bonds. The van der Waals surface area contributed by atoms with Crippen molar-refractivity contribution in [3.05, 3.63) is 21.8 Å². The summed E-state index contributed by atoms with van der Waals surface area (Å²) in [5, 5.41) is 12.2. The summed E-state index contributed by atoms with van der Waals surface area (Å²) >= 11 is 3.35. The topological polar surface area (TPSA) is 86.7 Å². The molecule has 1 aliphatic heterocycles. The Labute approximate surface area is 162 Å². The molecule has 6 nitrogen and oxygen atoms in total. The van der Waals surface area contributed by atoms with Crippen molar-refractivity contribution in [3.63, 3.8) is 0 Å². The fraction of sp³-hybridized carbons (Fsp3) is 0.632. The van der Waals surface area contributed by atoms with Crippen LogP contribution < -0.4 is 5.32 Å². The van der Waals surface area contributed by atoms with Crippen molar-refractivity contribution >= 4 is 34.2 Å². The zero-order valence-corrected chi connectivity index (χ0v) is 17.4. The normalized spacial score (nSPS) is 35.0. The van der Waals surface area contributed by atoms with Crippen molar-refractivity contribution < 1.29 is 19.5 Å². The van der Waals surface area contributed by atoms with Crippen LogP contribution in [0.4, 0.5) is 0 Å². The van der Waals surface area contributed by atoms with Gasteiger partial charge in [-0.3, -0.25) is 19.3 Å². The van der Waals surface area contributed by atoms with Gasteiger partial charge < -0.3 is 10.4 Å². The van der Waals surface area contributed by atoms with Crippen LogP contribution >= 0.6 is 15.9 Å². The third kappa shape index (κ3) is 3.46. The smallest absolute Gasteiger partial charge is 0.307 e. The molecule has 26 heavy (non-hydrogen) atoms. The highest BCUT2D eigenvalue weighted by atomic mass is 79.9. The molecule has 0 aromatic rings. The van der Waals surface area contributed by atoms with Gasteiger partial charge in [0.2, 0.25) is 6.41 Å². The molecule has 1 unspecified atom stereocenters. The minimum atomic E-state index is -0.733. The molecule has 1 heterocycles. The monoisotopic (exact) mass is 426 g/mol. The summed E-state index contributed by atoms with van der Waals surface area (Å²) in [6.07, 6.45) is 5.86. The van der Waals surface area contributed by atoms with E-state index >= 15 is 0 Å². The number of hydrogen-bond donors (Lipinski definition) is 2. The van der Waals surface area contributed by atoms with Gasteiger partial charge in [0, 0.05) is 0 Å². The molecular formula is C19H27BrN2O4. The van der Waals surface area contributed by atoms with Crippen molar-refractivity contribution in [2.45, 2.75) is 65.5 Å². The van der Waals surface area contributed by atoms with E-state index in [2.05, 4.69) is 21.2 Å². The van der Waals surface area contributed by atoms with Gasteiger partial charge in [-0.1, -0.05) is 29.8 Å². The van der Waals surface area contributed by atoms with Crippen LogP contribution in [0.3, 0.4) is 0 Å². The Kier molecular flexibility index (Phi) is 6.00. The van der Waals surface area contributed by atoms with Crippen LogP contribution in [0.1, 0.15) is 59.8 Å². The molecule has 2 aliphatic carbocycles. The molecule has 7 heteroatoms. The van der Waals surface area contributed by atoms with Crippen LogP contribution in [0.5, 0.6) is 0 Å². The third-order valence-electron chi connectivity index (χ3n) is 5.72. The zero-order valence-electron chi connectivity index (χ0n) is 15.8. The summed E-state index contributed by atoms with van der Waals surface area (Å²) in [5.41, 5.74) is 0.260. The van der Waals surface area contributed by atoms with E-state index in [1.807, 2.05) is 26.8 Å². The number of nitrogens with zero attached hydrogens (tertiary/aromatic N) is 1. The molecule has 1 atom stereocenters. The number of hydrogen-bond acceptors (Lipinski definition) is 3. The van der Waals surface area contributed by atoms with E-state index in [-0.39, 0.29) is 17.2 Å². The molecular weight excluding hydrogens is 400 g/mol. The zero-order chi connectivity index (χ0) is 19.7. The first-order valence-corrected chi connectivity index (χ1v) is 9.89. The number of rotatable bonds is 3. The van der Waals surface area contributed by atoms with Crippen LogP contribution in [0.25, 0.3) is 0 Å². The maximum absolute atomic E-state index is 12.5. The van der Waals surface area contributed by atoms with Gasteiger partial charge in [-0.05, 0) is 67.5 Å². The summed E-state index contributed by atoms with van der Waals surface area (Å²) in [6.45, 7) is 7.67. The van der Waals surface area contributed by atoms with Crippen LogP contribution in [-0.4, -0.2) is 34.0 Å². The van der Waals surface area contributed by atoms with Gasteiger partial charge in [-0.25, -0.2) is 0 Å².